The quantitative estimate of drug-likeness (QED) is 0.754. The number of anilines is 1. The SMILES string of the molecule is CC(C)(C)Nc1nc2ccc(F)cc2[nH]1. The number of aromatic nitrogens is 2. The lowest BCUT2D eigenvalue weighted by Gasteiger charge is -2.19. The minimum Gasteiger partial charge on any atom is -0.351 e. The van der Waals surface area contributed by atoms with Gasteiger partial charge in [0.2, 0.25) is 5.95 Å². The number of nitrogens with zero attached hydrogens (tertiary/aromatic N) is 1. The van der Waals surface area contributed by atoms with E-state index in [1.807, 2.05) is 20.8 Å². The molecule has 2 N–H and O–H groups in total. The summed E-state index contributed by atoms with van der Waals surface area (Å²) in [7, 11) is 0. The Balaban J connectivity index is 2.39. The second kappa shape index (κ2) is 3.22. The second-order valence-electron chi connectivity index (χ2n) is 4.62. The van der Waals surface area contributed by atoms with Crippen molar-refractivity contribution in [2.45, 2.75) is 26.3 Å². The predicted molar refractivity (Wildman–Crippen MR) is 59.4 cm³/mol. The van der Waals surface area contributed by atoms with Crippen LogP contribution in [0.2, 0.25) is 0 Å². The Morgan fingerprint density at radius 1 is 1.33 bits per heavy atom. The lowest BCUT2D eigenvalue weighted by molar-refractivity contribution is 0.628. The molecule has 2 aromatic rings. The van der Waals surface area contributed by atoms with E-state index in [1.54, 1.807) is 6.07 Å². The summed E-state index contributed by atoms with van der Waals surface area (Å²) in [4.78, 5) is 7.34. The number of hydrogen-bond acceptors (Lipinski definition) is 2. The lowest BCUT2D eigenvalue weighted by Crippen LogP contribution is -2.26. The first-order valence-electron chi connectivity index (χ1n) is 4.87. The standard InChI is InChI=1S/C11H14FN3/c1-11(2,3)15-10-13-8-5-4-7(12)6-9(8)14-10/h4-6H,1-3H3,(H2,13,14,15). The Bertz CT molecular complexity index is 482. The van der Waals surface area contributed by atoms with E-state index in [4.69, 9.17) is 0 Å². The highest BCUT2D eigenvalue weighted by Crippen LogP contribution is 2.17. The third-order valence-electron chi connectivity index (χ3n) is 1.94. The van der Waals surface area contributed by atoms with Gasteiger partial charge in [-0.3, -0.25) is 0 Å². The van der Waals surface area contributed by atoms with Crippen molar-refractivity contribution in [1.82, 2.24) is 9.97 Å². The normalized spacial score (nSPS) is 12.0. The maximum atomic E-state index is 12.9. The monoisotopic (exact) mass is 207 g/mol. The van der Waals surface area contributed by atoms with Gasteiger partial charge >= 0.3 is 0 Å². The van der Waals surface area contributed by atoms with Gasteiger partial charge in [0.1, 0.15) is 5.82 Å². The lowest BCUT2D eigenvalue weighted by atomic mass is 10.1. The van der Waals surface area contributed by atoms with E-state index < -0.39 is 0 Å². The van der Waals surface area contributed by atoms with Crippen molar-refractivity contribution in [3.8, 4) is 0 Å². The fraction of sp³-hybridized carbons (Fsp3) is 0.364. The number of rotatable bonds is 1. The average Bonchev–Trinajstić information content (AvgIpc) is 2.42. The molecule has 3 nitrogen and oxygen atoms in total. The Kier molecular flexibility index (Phi) is 2.14. The number of nitrogens with one attached hydrogen (secondary N) is 2. The number of aromatic amines is 1. The van der Waals surface area contributed by atoms with Crippen LogP contribution in [0.15, 0.2) is 18.2 Å². The summed E-state index contributed by atoms with van der Waals surface area (Å²) in [6.07, 6.45) is 0. The molecule has 0 saturated heterocycles. The van der Waals surface area contributed by atoms with Crippen LogP contribution < -0.4 is 5.32 Å². The highest BCUT2D eigenvalue weighted by Gasteiger charge is 2.12. The molecular formula is C11H14FN3. The Morgan fingerprint density at radius 2 is 2.07 bits per heavy atom. The van der Waals surface area contributed by atoms with E-state index in [0.717, 1.165) is 5.52 Å². The largest absolute Gasteiger partial charge is 0.351 e. The summed E-state index contributed by atoms with van der Waals surface area (Å²) >= 11 is 0. The molecular weight excluding hydrogens is 193 g/mol. The minimum absolute atomic E-state index is 0.0631. The first-order valence-corrected chi connectivity index (χ1v) is 4.87. The van der Waals surface area contributed by atoms with Crippen LogP contribution in [0.4, 0.5) is 10.3 Å². The molecule has 0 spiro atoms. The van der Waals surface area contributed by atoms with Crippen molar-refractivity contribution in [3.63, 3.8) is 0 Å². The van der Waals surface area contributed by atoms with Gasteiger partial charge in [0.15, 0.2) is 0 Å². The van der Waals surface area contributed by atoms with Crippen LogP contribution in [0.5, 0.6) is 0 Å². The number of fused-ring (bicyclic) bond motifs is 1. The van der Waals surface area contributed by atoms with E-state index in [0.29, 0.717) is 11.5 Å². The molecule has 0 bridgehead atoms. The topological polar surface area (TPSA) is 40.7 Å². The van der Waals surface area contributed by atoms with Gasteiger partial charge in [-0.25, -0.2) is 9.37 Å². The van der Waals surface area contributed by atoms with Crippen LogP contribution in [0.3, 0.4) is 0 Å². The van der Waals surface area contributed by atoms with Gasteiger partial charge in [-0.15, -0.1) is 0 Å². The molecule has 0 aliphatic carbocycles. The van der Waals surface area contributed by atoms with Gasteiger partial charge in [-0.05, 0) is 39.0 Å². The molecule has 2 rings (SSSR count). The second-order valence-corrected chi connectivity index (χ2v) is 4.62. The molecule has 15 heavy (non-hydrogen) atoms. The Hall–Kier alpha value is -1.58. The molecule has 4 heteroatoms. The van der Waals surface area contributed by atoms with Crippen molar-refractivity contribution in [3.05, 3.63) is 24.0 Å². The highest BCUT2D eigenvalue weighted by molar-refractivity contribution is 5.77. The predicted octanol–water partition coefficient (Wildman–Crippen LogP) is 2.91. The van der Waals surface area contributed by atoms with Crippen LogP contribution in [0.1, 0.15) is 20.8 Å². The van der Waals surface area contributed by atoms with Crippen LogP contribution in [-0.4, -0.2) is 15.5 Å². The number of imidazole rings is 1. The van der Waals surface area contributed by atoms with E-state index in [2.05, 4.69) is 15.3 Å². The third-order valence-corrected chi connectivity index (χ3v) is 1.94. The molecule has 1 aromatic carbocycles. The van der Waals surface area contributed by atoms with Crippen molar-refractivity contribution in [1.29, 1.82) is 0 Å². The molecule has 0 amide bonds. The zero-order valence-corrected chi connectivity index (χ0v) is 9.06. The highest BCUT2D eigenvalue weighted by atomic mass is 19.1. The molecule has 0 saturated carbocycles. The van der Waals surface area contributed by atoms with Gasteiger partial charge < -0.3 is 10.3 Å². The minimum atomic E-state index is -0.256. The fourth-order valence-corrected chi connectivity index (χ4v) is 1.40. The van der Waals surface area contributed by atoms with Crippen LogP contribution in [0, 0.1) is 5.82 Å². The van der Waals surface area contributed by atoms with Gasteiger partial charge in [0, 0.05) is 5.54 Å². The zero-order valence-electron chi connectivity index (χ0n) is 9.06. The molecule has 80 valence electrons. The van der Waals surface area contributed by atoms with Crippen molar-refractivity contribution in [2.24, 2.45) is 0 Å². The Morgan fingerprint density at radius 3 is 2.73 bits per heavy atom. The molecule has 0 radical (unpaired) electrons. The van der Waals surface area contributed by atoms with Crippen molar-refractivity contribution in [2.75, 3.05) is 5.32 Å². The van der Waals surface area contributed by atoms with E-state index in [9.17, 15) is 4.39 Å². The molecule has 0 unspecified atom stereocenters. The summed E-state index contributed by atoms with van der Waals surface area (Å²) in [5, 5.41) is 3.20. The summed E-state index contributed by atoms with van der Waals surface area (Å²) in [5.41, 5.74) is 1.41. The van der Waals surface area contributed by atoms with E-state index >= 15 is 0 Å². The maximum Gasteiger partial charge on any atom is 0.201 e. The van der Waals surface area contributed by atoms with Gasteiger partial charge in [0.25, 0.3) is 0 Å². The van der Waals surface area contributed by atoms with Crippen LogP contribution >= 0.6 is 0 Å². The molecule has 1 heterocycles. The average molecular weight is 207 g/mol. The molecule has 0 fully saturated rings. The van der Waals surface area contributed by atoms with Crippen LogP contribution in [0.25, 0.3) is 11.0 Å². The summed E-state index contributed by atoms with van der Waals surface area (Å²) < 4.78 is 12.9. The molecule has 0 aliphatic rings. The van der Waals surface area contributed by atoms with Crippen molar-refractivity contribution >= 4 is 17.0 Å². The number of H-pyrrole nitrogens is 1. The number of halogens is 1. The first-order chi connectivity index (χ1) is 6.94. The molecule has 0 atom stereocenters. The van der Waals surface area contributed by atoms with Gasteiger partial charge in [-0.1, -0.05) is 0 Å². The molecule has 1 aromatic heterocycles. The zero-order chi connectivity index (χ0) is 11.1. The van der Waals surface area contributed by atoms with Crippen molar-refractivity contribution < 1.29 is 4.39 Å². The third kappa shape index (κ3) is 2.26. The van der Waals surface area contributed by atoms with E-state index in [1.165, 1.54) is 12.1 Å². The summed E-state index contributed by atoms with van der Waals surface area (Å²) in [6, 6.07) is 4.51. The summed E-state index contributed by atoms with van der Waals surface area (Å²) in [5.74, 6) is 0.413. The smallest absolute Gasteiger partial charge is 0.201 e. The van der Waals surface area contributed by atoms with E-state index in [-0.39, 0.29) is 11.4 Å². The van der Waals surface area contributed by atoms with Crippen LogP contribution in [-0.2, 0) is 0 Å². The first kappa shape index (κ1) is 9.96. The van der Waals surface area contributed by atoms with Gasteiger partial charge in [0.05, 0.1) is 11.0 Å². The fourth-order valence-electron chi connectivity index (χ4n) is 1.40. The maximum absolute atomic E-state index is 12.9. The summed E-state index contributed by atoms with van der Waals surface area (Å²) in [6.45, 7) is 6.13. The Labute approximate surface area is 87.7 Å². The molecule has 0 aliphatic heterocycles. The van der Waals surface area contributed by atoms with Gasteiger partial charge in [-0.2, -0.15) is 0 Å². The number of hydrogen-bond donors (Lipinski definition) is 2. The number of benzene rings is 1.